The van der Waals surface area contributed by atoms with Crippen LogP contribution in [0.25, 0.3) is 0 Å². The fraction of sp³-hybridized carbons (Fsp3) is 0.682. The minimum Gasteiger partial charge on any atom is -0.481 e. The first-order valence-electron chi connectivity index (χ1n) is 10.6. The summed E-state index contributed by atoms with van der Waals surface area (Å²) in [4.78, 5) is 36.4. The van der Waals surface area contributed by atoms with Crippen molar-refractivity contribution in [1.29, 1.82) is 0 Å². The van der Waals surface area contributed by atoms with E-state index in [0.29, 0.717) is 31.8 Å². The van der Waals surface area contributed by atoms with Crippen molar-refractivity contribution in [1.82, 2.24) is 10.6 Å². The average Bonchev–Trinajstić information content (AvgIpc) is 2.66. The molecule has 0 saturated heterocycles. The molecule has 8 heteroatoms. The van der Waals surface area contributed by atoms with Gasteiger partial charge in [0.05, 0.1) is 24.4 Å². The summed E-state index contributed by atoms with van der Waals surface area (Å²) in [5.74, 6) is -2.19. The van der Waals surface area contributed by atoms with Gasteiger partial charge in [0.15, 0.2) is 5.78 Å². The molecule has 0 radical (unpaired) electrons. The smallest absolute Gasteiger partial charge is 0.306 e. The van der Waals surface area contributed by atoms with Gasteiger partial charge in [0, 0.05) is 26.0 Å². The molecule has 0 aromatic rings. The van der Waals surface area contributed by atoms with E-state index in [0.717, 1.165) is 19.3 Å². The van der Waals surface area contributed by atoms with Crippen molar-refractivity contribution in [2.75, 3.05) is 19.8 Å². The van der Waals surface area contributed by atoms with Crippen molar-refractivity contribution in [3.8, 4) is 0 Å². The van der Waals surface area contributed by atoms with E-state index in [1.165, 1.54) is 0 Å². The van der Waals surface area contributed by atoms with Crippen LogP contribution in [0.5, 0.6) is 0 Å². The van der Waals surface area contributed by atoms with Crippen LogP contribution in [0.4, 0.5) is 0 Å². The Morgan fingerprint density at radius 2 is 1.87 bits per heavy atom. The van der Waals surface area contributed by atoms with Gasteiger partial charge in [0.1, 0.15) is 0 Å². The summed E-state index contributed by atoms with van der Waals surface area (Å²) >= 11 is 0. The predicted molar refractivity (Wildman–Crippen MR) is 118 cm³/mol. The summed E-state index contributed by atoms with van der Waals surface area (Å²) in [6.45, 7) is 12.2. The summed E-state index contributed by atoms with van der Waals surface area (Å²) in [7, 11) is 0. The Morgan fingerprint density at radius 1 is 1.17 bits per heavy atom. The third kappa shape index (κ3) is 13.8. The molecule has 0 aliphatic carbocycles. The normalized spacial score (nSPS) is 12.8. The minimum absolute atomic E-state index is 0.123. The Morgan fingerprint density at radius 3 is 2.43 bits per heavy atom. The third-order valence-electron chi connectivity index (χ3n) is 4.63. The van der Waals surface area contributed by atoms with Crippen LogP contribution in [0.15, 0.2) is 25.1 Å². The molecule has 0 aliphatic rings. The molecule has 2 unspecified atom stereocenters. The van der Waals surface area contributed by atoms with Crippen molar-refractivity contribution in [3.05, 3.63) is 25.1 Å². The van der Waals surface area contributed by atoms with Crippen LogP contribution in [-0.2, 0) is 19.1 Å². The lowest BCUT2D eigenvalue weighted by Gasteiger charge is -2.23. The van der Waals surface area contributed by atoms with Gasteiger partial charge in [-0.25, -0.2) is 0 Å². The first-order valence-corrected chi connectivity index (χ1v) is 10.6. The number of ether oxygens (including phenoxy) is 1. The number of carboxylic acid groups (broad SMARTS) is 1. The zero-order valence-corrected chi connectivity index (χ0v) is 18.5. The van der Waals surface area contributed by atoms with E-state index in [1.54, 1.807) is 0 Å². The van der Waals surface area contributed by atoms with Crippen LogP contribution in [0, 0.1) is 11.8 Å². The van der Waals surface area contributed by atoms with E-state index >= 15 is 0 Å². The van der Waals surface area contributed by atoms with Crippen LogP contribution in [-0.4, -0.2) is 48.6 Å². The fourth-order valence-corrected chi connectivity index (χ4v) is 2.90. The van der Waals surface area contributed by atoms with E-state index in [4.69, 9.17) is 10.5 Å². The monoisotopic (exact) mass is 425 g/mol. The van der Waals surface area contributed by atoms with Gasteiger partial charge in [-0.3, -0.25) is 14.4 Å². The van der Waals surface area contributed by atoms with Gasteiger partial charge >= 0.3 is 5.97 Å². The summed E-state index contributed by atoms with van der Waals surface area (Å²) in [6.07, 6.45) is 5.63. The van der Waals surface area contributed by atoms with Crippen LogP contribution < -0.4 is 16.4 Å². The summed E-state index contributed by atoms with van der Waals surface area (Å²) in [5, 5.41) is 15.0. The number of unbranched alkanes of at least 4 members (excludes halogenated alkanes) is 2. The Hall–Kier alpha value is -2.35. The maximum Gasteiger partial charge on any atom is 0.306 e. The zero-order chi connectivity index (χ0) is 22.9. The highest BCUT2D eigenvalue weighted by atomic mass is 16.5. The molecular weight excluding hydrogens is 386 g/mol. The van der Waals surface area contributed by atoms with Crippen LogP contribution in [0.1, 0.15) is 58.8 Å². The lowest BCUT2D eigenvalue weighted by Crippen LogP contribution is -2.45. The van der Waals surface area contributed by atoms with Crippen LogP contribution >= 0.6 is 0 Å². The van der Waals surface area contributed by atoms with Gasteiger partial charge in [-0.2, -0.15) is 0 Å². The first kappa shape index (κ1) is 27.6. The molecule has 5 N–H and O–H groups in total. The summed E-state index contributed by atoms with van der Waals surface area (Å²) < 4.78 is 5.44. The predicted octanol–water partition coefficient (Wildman–Crippen LogP) is 2.35. The largest absolute Gasteiger partial charge is 0.481 e. The summed E-state index contributed by atoms with van der Waals surface area (Å²) in [5.41, 5.74) is 5.41. The van der Waals surface area contributed by atoms with E-state index in [2.05, 4.69) is 23.8 Å². The first-order chi connectivity index (χ1) is 14.2. The molecule has 8 nitrogen and oxygen atoms in total. The highest BCUT2D eigenvalue weighted by Crippen LogP contribution is 2.16. The number of nitrogens with two attached hydrogens (primary N) is 1. The number of amides is 1. The van der Waals surface area contributed by atoms with Gasteiger partial charge in [0.25, 0.3) is 0 Å². The number of hydrogen-bond acceptors (Lipinski definition) is 6. The number of carbonyl (C=O) groups excluding carboxylic acids is 2. The lowest BCUT2D eigenvalue weighted by molar-refractivity contribution is -0.144. The van der Waals surface area contributed by atoms with Crippen molar-refractivity contribution >= 4 is 17.7 Å². The Bertz CT molecular complexity index is 563. The number of hydrogen-bond donors (Lipinski definition) is 4. The Labute approximate surface area is 180 Å². The maximum atomic E-state index is 12.7. The number of rotatable bonds is 19. The molecule has 0 rings (SSSR count). The van der Waals surface area contributed by atoms with Gasteiger partial charge in [-0.1, -0.05) is 26.5 Å². The third-order valence-corrected chi connectivity index (χ3v) is 4.63. The van der Waals surface area contributed by atoms with Crippen molar-refractivity contribution in [3.63, 3.8) is 0 Å². The van der Waals surface area contributed by atoms with E-state index < -0.39 is 17.9 Å². The van der Waals surface area contributed by atoms with Gasteiger partial charge in [-0.15, -0.1) is 6.58 Å². The Kier molecular flexibility index (Phi) is 15.2. The molecule has 0 spiro atoms. The molecular formula is C22H39N3O5. The molecule has 0 saturated carbocycles. The second-order valence-corrected chi connectivity index (χ2v) is 7.74. The van der Waals surface area contributed by atoms with Crippen molar-refractivity contribution in [2.24, 2.45) is 17.6 Å². The number of Topliss-reactive ketones (excluding diaryl/α,β-unsaturated/α-hetero) is 1. The number of carbonyl (C=O) groups is 3. The summed E-state index contributed by atoms with van der Waals surface area (Å²) in [6, 6.07) is -0.714. The Balaban J connectivity index is 4.47. The number of allylic oxidation sites excluding steroid dienone is 1. The number of ketones is 1. The highest BCUT2D eigenvalue weighted by Gasteiger charge is 2.29. The minimum atomic E-state index is -1.02. The van der Waals surface area contributed by atoms with Crippen molar-refractivity contribution in [2.45, 2.75) is 64.8 Å². The van der Waals surface area contributed by atoms with Crippen LogP contribution in [0.2, 0.25) is 0 Å². The molecule has 172 valence electrons. The average molecular weight is 426 g/mol. The van der Waals surface area contributed by atoms with Crippen molar-refractivity contribution < 1.29 is 24.2 Å². The van der Waals surface area contributed by atoms with Gasteiger partial charge in [0.2, 0.25) is 5.91 Å². The van der Waals surface area contributed by atoms with Gasteiger partial charge in [-0.05, 0) is 38.0 Å². The molecule has 1 amide bonds. The molecule has 0 heterocycles. The number of aliphatic carboxylic acids is 1. The standard InChI is InChI=1S/C22H39N3O5/c1-5-6-7-8-13-30-14-11-20(27)25-21(16(2)3)19(26)15-18(22(28)29)10-9-12-24-17(4)23/h5,16,18,21,24H,1,4,6-15,23H2,2-3H3,(H,25,27)(H,28,29). The second kappa shape index (κ2) is 16.4. The molecule has 0 fully saturated rings. The van der Waals surface area contributed by atoms with Crippen LogP contribution in [0.3, 0.4) is 0 Å². The number of nitrogens with one attached hydrogen (secondary N) is 2. The zero-order valence-electron chi connectivity index (χ0n) is 18.5. The molecule has 0 aliphatic heterocycles. The SMILES string of the molecule is C=CCCCCOCCC(=O)NC(C(=O)CC(CCCNC(=C)N)C(=O)O)C(C)C. The topological polar surface area (TPSA) is 131 Å². The second-order valence-electron chi connectivity index (χ2n) is 7.74. The number of carboxylic acids is 1. The molecule has 30 heavy (non-hydrogen) atoms. The molecule has 2 atom stereocenters. The van der Waals surface area contributed by atoms with Gasteiger partial charge < -0.3 is 26.2 Å². The quantitative estimate of drug-likeness (QED) is 0.184. The van der Waals surface area contributed by atoms with E-state index in [-0.39, 0.29) is 37.1 Å². The lowest BCUT2D eigenvalue weighted by atomic mass is 9.90. The molecule has 0 bridgehead atoms. The maximum absolute atomic E-state index is 12.7. The molecule has 0 aromatic heterocycles. The highest BCUT2D eigenvalue weighted by molar-refractivity contribution is 5.91. The molecule has 0 aromatic carbocycles. The van der Waals surface area contributed by atoms with E-state index in [9.17, 15) is 19.5 Å². The fourth-order valence-electron chi connectivity index (χ4n) is 2.90. The van der Waals surface area contributed by atoms with E-state index in [1.807, 2.05) is 19.9 Å².